The van der Waals surface area contributed by atoms with Gasteiger partial charge < -0.3 is 15.4 Å². The lowest BCUT2D eigenvalue weighted by molar-refractivity contribution is -0.137. The molecular weight excluding hydrogens is 212 g/mol. The number of ether oxygens (including phenoxy) is 1. The molecule has 15 heavy (non-hydrogen) atoms. The number of thioether (sulfide) groups is 1. The Morgan fingerprint density at radius 2 is 2.33 bits per heavy atom. The smallest absolute Gasteiger partial charge is 0.248 e. The Morgan fingerprint density at radius 1 is 1.60 bits per heavy atom. The predicted octanol–water partition coefficient (Wildman–Crippen LogP) is 0.314. The molecule has 2 atom stereocenters. The summed E-state index contributed by atoms with van der Waals surface area (Å²) in [5.74, 6) is 1.11. The van der Waals surface area contributed by atoms with Gasteiger partial charge in [0.05, 0.1) is 6.61 Å². The Bertz CT molecular complexity index is 214. The van der Waals surface area contributed by atoms with Crippen LogP contribution in [0.15, 0.2) is 0 Å². The minimum absolute atomic E-state index is 0.0862. The van der Waals surface area contributed by atoms with Gasteiger partial charge in [0.2, 0.25) is 5.91 Å². The average Bonchev–Trinajstić information content (AvgIpc) is 2.22. The van der Waals surface area contributed by atoms with Gasteiger partial charge in [-0.2, -0.15) is 11.8 Å². The van der Waals surface area contributed by atoms with E-state index in [1.54, 1.807) is 0 Å². The zero-order valence-electron chi connectivity index (χ0n) is 9.44. The molecule has 4 nitrogen and oxygen atoms in total. The highest BCUT2D eigenvalue weighted by Gasteiger charge is 2.28. The summed E-state index contributed by atoms with van der Waals surface area (Å²) in [5.41, 5.74) is 5.29. The van der Waals surface area contributed by atoms with Crippen molar-refractivity contribution in [3.8, 4) is 0 Å². The van der Waals surface area contributed by atoms with Crippen LogP contribution in [0.1, 0.15) is 13.8 Å². The summed E-state index contributed by atoms with van der Waals surface area (Å²) in [7, 11) is 0. The summed E-state index contributed by atoms with van der Waals surface area (Å²) in [5, 5.41) is 0.511. The van der Waals surface area contributed by atoms with Gasteiger partial charge in [0.25, 0.3) is 0 Å². The van der Waals surface area contributed by atoms with Crippen LogP contribution in [0.2, 0.25) is 0 Å². The van der Waals surface area contributed by atoms with Gasteiger partial charge in [-0.3, -0.25) is 4.79 Å². The summed E-state index contributed by atoms with van der Waals surface area (Å²) in [6.07, 6.45) is 0. The minimum atomic E-state index is 0.0862. The van der Waals surface area contributed by atoms with Crippen molar-refractivity contribution in [3.63, 3.8) is 0 Å². The van der Waals surface area contributed by atoms with Crippen LogP contribution in [0, 0.1) is 0 Å². The maximum atomic E-state index is 11.8. The number of carbonyl (C=O) groups is 1. The summed E-state index contributed by atoms with van der Waals surface area (Å²) < 4.78 is 5.16. The molecule has 2 N–H and O–H groups in total. The van der Waals surface area contributed by atoms with Crippen molar-refractivity contribution in [2.45, 2.75) is 25.1 Å². The van der Waals surface area contributed by atoms with E-state index in [1.807, 2.05) is 16.7 Å². The van der Waals surface area contributed by atoms with Crippen molar-refractivity contribution in [1.82, 2.24) is 4.90 Å². The quantitative estimate of drug-likeness (QED) is 0.709. The van der Waals surface area contributed by atoms with E-state index in [1.165, 1.54) is 0 Å². The molecule has 5 heteroatoms. The van der Waals surface area contributed by atoms with E-state index < -0.39 is 0 Å². The third-order valence-corrected chi connectivity index (χ3v) is 4.03. The maximum Gasteiger partial charge on any atom is 0.248 e. The topological polar surface area (TPSA) is 55.6 Å². The molecule has 1 amide bonds. The molecule has 1 aliphatic rings. The van der Waals surface area contributed by atoms with Gasteiger partial charge in [0, 0.05) is 30.1 Å². The summed E-state index contributed by atoms with van der Waals surface area (Å²) >= 11 is 1.92. The highest BCUT2D eigenvalue weighted by atomic mass is 32.2. The first-order chi connectivity index (χ1) is 7.16. The van der Waals surface area contributed by atoms with E-state index >= 15 is 0 Å². The van der Waals surface area contributed by atoms with Crippen molar-refractivity contribution in [2.75, 3.05) is 32.1 Å². The van der Waals surface area contributed by atoms with E-state index in [-0.39, 0.29) is 12.5 Å². The Hall–Kier alpha value is -0.260. The van der Waals surface area contributed by atoms with Crippen molar-refractivity contribution < 1.29 is 9.53 Å². The number of rotatable bonds is 4. The Morgan fingerprint density at radius 3 is 3.00 bits per heavy atom. The van der Waals surface area contributed by atoms with Crippen molar-refractivity contribution >= 4 is 17.7 Å². The zero-order valence-corrected chi connectivity index (χ0v) is 10.3. The van der Waals surface area contributed by atoms with Gasteiger partial charge in [-0.25, -0.2) is 0 Å². The van der Waals surface area contributed by atoms with Crippen LogP contribution in [-0.4, -0.2) is 54.2 Å². The van der Waals surface area contributed by atoms with E-state index in [0.717, 1.165) is 12.3 Å². The van der Waals surface area contributed by atoms with Crippen LogP contribution in [0.5, 0.6) is 0 Å². The maximum absolute atomic E-state index is 11.8. The first kappa shape index (κ1) is 12.8. The second-order valence-electron chi connectivity index (χ2n) is 3.74. The van der Waals surface area contributed by atoms with Crippen LogP contribution in [0.3, 0.4) is 0 Å². The molecule has 0 aromatic rings. The van der Waals surface area contributed by atoms with Crippen molar-refractivity contribution in [3.05, 3.63) is 0 Å². The standard InChI is InChI=1S/C10H20N2O2S/c1-8-9(2)15-6-4-12(8)10(13)7-14-5-3-11/h8-9H,3-7,11H2,1-2H3. The van der Waals surface area contributed by atoms with Crippen LogP contribution in [0.25, 0.3) is 0 Å². The predicted molar refractivity (Wildman–Crippen MR) is 63.0 cm³/mol. The summed E-state index contributed by atoms with van der Waals surface area (Å²) in [6.45, 7) is 6.18. The van der Waals surface area contributed by atoms with E-state index in [0.29, 0.717) is 24.4 Å². The largest absolute Gasteiger partial charge is 0.370 e. The van der Waals surface area contributed by atoms with E-state index in [9.17, 15) is 4.79 Å². The molecule has 1 rings (SSSR count). The fourth-order valence-corrected chi connectivity index (χ4v) is 2.71. The normalized spacial score (nSPS) is 26.7. The van der Waals surface area contributed by atoms with Crippen molar-refractivity contribution in [1.29, 1.82) is 0 Å². The lowest BCUT2D eigenvalue weighted by Crippen LogP contribution is -2.49. The van der Waals surface area contributed by atoms with Crippen LogP contribution < -0.4 is 5.73 Å². The lowest BCUT2D eigenvalue weighted by atomic mass is 10.2. The third-order valence-electron chi connectivity index (χ3n) is 2.69. The Labute approximate surface area is 95.5 Å². The molecule has 1 fully saturated rings. The fourth-order valence-electron chi connectivity index (χ4n) is 1.61. The fraction of sp³-hybridized carbons (Fsp3) is 0.900. The van der Waals surface area contributed by atoms with Gasteiger partial charge in [0.15, 0.2) is 0 Å². The van der Waals surface area contributed by atoms with E-state index in [4.69, 9.17) is 10.5 Å². The third kappa shape index (κ3) is 3.66. The number of carbonyl (C=O) groups excluding carboxylic acids is 1. The number of hydrogen-bond donors (Lipinski definition) is 1. The molecule has 0 bridgehead atoms. The number of nitrogens with zero attached hydrogens (tertiary/aromatic N) is 1. The summed E-state index contributed by atoms with van der Waals surface area (Å²) in [6, 6.07) is 0.303. The minimum Gasteiger partial charge on any atom is -0.370 e. The number of nitrogens with two attached hydrogens (primary N) is 1. The molecule has 0 saturated carbocycles. The SMILES string of the molecule is CC1SCCN(C(=O)COCCN)C1C. The molecule has 2 unspecified atom stereocenters. The van der Waals surface area contributed by atoms with Crippen LogP contribution in [-0.2, 0) is 9.53 Å². The molecule has 0 radical (unpaired) electrons. The first-order valence-electron chi connectivity index (χ1n) is 5.35. The van der Waals surface area contributed by atoms with Gasteiger partial charge in [-0.15, -0.1) is 0 Å². The summed E-state index contributed by atoms with van der Waals surface area (Å²) in [4.78, 5) is 13.7. The molecular formula is C10H20N2O2S. The number of amides is 1. The van der Waals surface area contributed by atoms with Crippen molar-refractivity contribution in [2.24, 2.45) is 5.73 Å². The molecule has 0 spiro atoms. The number of hydrogen-bond acceptors (Lipinski definition) is 4. The zero-order chi connectivity index (χ0) is 11.3. The molecule has 1 saturated heterocycles. The monoisotopic (exact) mass is 232 g/mol. The second kappa shape index (κ2) is 6.35. The van der Waals surface area contributed by atoms with Crippen LogP contribution in [0.4, 0.5) is 0 Å². The Kier molecular flexibility index (Phi) is 5.42. The second-order valence-corrected chi connectivity index (χ2v) is 5.23. The molecule has 0 aliphatic carbocycles. The van der Waals surface area contributed by atoms with E-state index in [2.05, 4.69) is 13.8 Å². The first-order valence-corrected chi connectivity index (χ1v) is 6.40. The molecule has 0 aromatic heterocycles. The lowest BCUT2D eigenvalue weighted by Gasteiger charge is -2.37. The Balaban J connectivity index is 2.37. The van der Waals surface area contributed by atoms with Gasteiger partial charge >= 0.3 is 0 Å². The highest BCUT2D eigenvalue weighted by molar-refractivity contribution is 8.00. The van der Waals surface area contributed by atoms with Gasteiger partial charge in [-0.05, 0) is 6.92 Å². The molecule has 1 heterocycles. The average molecular weight is 232 g/mol. The molecule has 0 aromatic carbocycles. The molecule has 88 valence electrons. The molecule has 1 aliphatic heterocycles. The van der Waals surface area contributed by atoms with Crippen LogP contribution >= 0.6 is 11.8 Å². The van der Waals surface area contributed by atoms with Gasteiger partial charge in [0.1, 0.15) is 6.61 Å². The van der Waals surface area contributed by atoms with Gasteiger partial charge in [-0.1, -0.05) is 6.92 Å². The highest BCUT2D eigenvalue weighted by Crippen LogP contribution is 2.24.